The predicted octanol–water partition coefficient (Wildman–Crippen LogP) is 3.95. The van der Waals surface area contributed by atoms with Crippen LogP contribution in [0.5, 0.6) is 0 Å². The first-order chi connectivity index (χ1) is 9.34. The Balaban J connectivity index is 1.60. The highest BCUT2D eigenvalue weighted by atomic mass is 16.5. The molecule has 1 aromatic carbocycles. The Bertz CT molecular complexity index is 404. The summed E-state index contributed by atoms with van der Waals surface area (Å²) in [7, 11) is 0. The molecule has 0 unspecified atom stereocenters. The summed E-state index contributed by atoms with van der Waals surface area (Å²) >= 11 is 0. The van der Waals surface area contributed by atoms with E-state index in [1.54, 1.807) is 0 Å². The fourth-order valence-corrected chi connectivity index (χ4v) is 3.89. The van der Waals surface area contributed by atoms with Crippen molar-refractivity contribution >= 4 is 5.97 Å². The van der Waals surface area contributed by atoms with Crippen LogP contribution in [0.2, 0.25) is 0 Å². The largest absolute Gasteiger partial charge is 0.461 e. The third-order valence-corrected chi connectivity index (χ3v) is 4.81. The Hall–Kier alpha value is -1.31. The molecular formula is C17H22O2. The summed E-state index contributed by atoms with van der Waals surface area (Å²) < 4.78 is 5.56. The molecule has 2 fully saturated rings. The van der Waals surface area contributed by atoms with Crippen molar-refractivity contribution in [2.24, 2.45) is 17.8 Å². The van der Waals surface area contributed by atoms with E-state index in [1.807, 2.05) is 30.3 Å². The number of hydrogen-bond donors (Lipinski definition) is 0. The van der Waals surface area contributed by atoms with Crippen LogP contribution in [0, 0.1) is 17.8 Å². The van der Waals surface area contributed by atoms with Crippen LogP contribution in [0.25, 0.3) is 0 Å². The van der Waals surface area contributed by atoms with E-state index >= 15 is 0 Å². The number of ether oxygens (including phenoxy) is 1. The van der Waals surface area contributed by atoms with Crippen molar-refractivity contribution in [3.05, 3.63) is 35.9 Å². The molecule has 2 aliphatic carbocycles. The van der Waals surface area contributed by atoms with Gasteiger partial charge in [0, 0.05) is 0 Å². The van der Waals surface area contributed by atoms with Crippen LogP contribution in [0.15, 0.2) is 30.3 Å². The molecule has 3 rings (SSSR count). The summed E-state index contributed by atoms with van der Waals surface area (Å²) in [6.07, 6.45) is 7.50. The van der Waals surface area contributed by atoms with Crippen LogP contribution in [0.1, 0.15) is 44.1 Å². The molecule has 19 heavy (non-hydrogen) atoms. The van der Waals surface area contributed by atoms with Crippen LogP contribution < -0.4 is 0 Å². The van der Waals surface area contributed by atoms with Gasteiger partial charge in [-0.2, -0.15) is 0 Å². The van der Waals surface area contributed by atoms with Gasteiger partial charge in [0.05, 0.1) is 5.92 Å². The lowest BCUT2D eigenvalue weighted by atomic mass is 9.64. The Morgan fingerprint density at radius 2 is 1.58 bits per heavy atom. The molecule has 0 saturated heterocycles. The van der Waals surface area contributed by atoms with E-state index in [-0.39, 0.29) is 11.9 Å². The summed E-state index contributed by atoms with van der Waals surface area (Å²) in [6.45, 7) is 0.426. The second kappa shape index (κ2) is 5.77. The van der Waals surface area contributed by atoms with E-state index in [4.69, 9.17) is 4.74 Å². The number of hydrogen-bond acceptors (Lipinski definition) is 2. The van der Waals surface area contributed by atoms with Crippen LogP contribution in [0.3, 0.4) is 0 Å². The number of esters is 1. The third kappa shape index (κ3) is 2.83. The molecule has 2 aliphatic rings. The van der Waals surface area contributed by atoms with Gasteiger partial charge in [0.25, 0.3) is 0 Å². The zero-order chi connectivity index (χ0) is 13.1. The molecule has 102 valence electrons. The summed E-state index contributed by atoms with van der Waals surface area (Å²) in [5, 5.41) is 0. The van der Waals surface area contributed by atoms with E-state index in [0.717, 1.165) is 5.56 Å². The average Bonchev–Trinajstić information content (AvgIpc) is 2.45. The second-order valence-electron chi connectivity index (χ2n) is 6.00. The Morgan fingerprint density at radius 1 is 1.00 bits per heavy atom. The van der Waals surface area contributed by atoms with E-state index in [9.17, 15) is 4.79 Å². The van der Waals surface area contributed by atoms with Gasteiger partial charge in [-0.05, 0) is 43.1 Å². The normalized spacial score (nSPS) is 29.8. The second-order valence-corrected chi connectivity index (χ2v) is 6.00. The van der Waals surface area contributed by atoms with Gasteiger partial charge >= 0.3 is 5.97 Å². The fraction of sp³-hybridized carbons (Fsp3) is 0.588. The van der Waals surface area contributed by atoms with Gasteiger partial charge in [0.2, 0.25) is 0 Å². The first kappa shape index (κ1) is 12.7. The van der Waals surface area contributed by atoms with Crippen molar-refractivity contribution in [1.82, 2.24) is 0 Å². The molecule has 2 saturated carbocycles. The number of carbonyl (C=O) groups excluding carboxylic acids is 1. The van der Waals surface area contributed by atoms with Gasteiger partial charge in [0.1, 0.15) is 6.61 Å². The lowest BCUT2D eigenvalue weighted by molar-refractivity contribution is -0.157. The van der Waals surface area contributed by atoms with Crippen molar-refractivity contribution in [3.63, 3.8) is 0 Å². The Labute approximate surface area is 115 Å². The highest BCUT2D eigenvalue weighted by Crippen LogP contribution is 2.45. The van der Waals surface area contributed by atoms with Gasteiger partial charge < -0.3 is 4.74 Å². The third-order valence-electron chi connectivity index (χ3n) is 4.81. The minimum Gasteiger partial charge on any atom is -0.461 e. The molecule has 0 atom stereocenters. The zero-order valence-electron chi connectivity index (χ0n) is 11.4. The minimum absolute atomic E-state index is 0.0539. The SMILES string of the molecule is O=C(OCc1ccccc1)C1C2CCCC1CCC2. The molecule has 2 bridgehead atoms. The molecule has 0 N–H and O–H groups in total. The highest BCUT2D eigenvalue weighted by Gasteiger charge is 2.41. The van der Waals surface area contributed by atoms with E-state index in [0.29, 0.717) is 18.4 Å². The Morgan fingerprint density at radius 3 is 2.16 bits per heavy atom. The van der Waals surface area contributed by atoms with Gasteiger partial charge in [-0.3, -0.25) is 4.79 Å². The predicted molar refractivity (Wildman–Crippen MR) is 74.4 cm³/mol. The standard InChI is InChI=1S/C17H22O2/c18-17(19-12-13-6-2-1-3-7-13)16-14-8-4-9-15(16)11-5-10-14/h1-3,6-7,14-16H,4-5,8-12H2. The molecule has 1 aromatic rings. The van der Waals surface area contributed by atoms with Crippen molar-refractivity contribution in [2.45, 2.75) is 45.1 Å². The first-order valence-electron chi connectivity index (χ1n) is 7.55. The van der Waals surface area contributed by atoms with Crippen LogP contribution >= 0.6 is 0 Å². The maximum atomic E-state index is 12.4. The fourth-order valence-electron chi connectivity index (χ4n) is 3.89. The first-order valence-corrected chi connectivity index (χ1v) is 7.55. The summed E-state index contributed by atoms with van der Waals surface area (Å²) in [4.78, 5) is 12.4. The molecule has 0 radical (unpaired) electrons. The van der Waals surface area contributed by atoms with Gasteiger partial charge in [-0.25, -0.2) is 0 Å². The van der Waals surface area contributed by atoms with Gasteiger partial charge in [-0.15, -0.1) is 0 Å². The quantitative estimate of drug-likeness (QED) is 0.767. The average molecular weight is 258 g/mol. The number of rotatable bonds is 3. The summed E-state index contributed by atoms with van der Waals surface area (Å²) in [5.41, 5.74) is 1.08. The molecular weight excluding hydrogens is 236 g/mol. The lowest BCUT2D eigenvalue weighted by Gasteiger charge is -2.40. The molecule has 2 nitrogen and oxygen atoms in total. The molecule has 0 aromatic heterocycles. The van der Waals surface area contributed by atoms with Crippen LogP contribution in [-0.4, -0.2) is 5.97 Å². The molecule has 0 spiro atoms. The molecule has 0 amide bonds. The highest BCUT2D eigenvalue weighted by molar-refractivity contribution is 5.73. The monoisotopic (exact) mass is 258 g/mol. The minimum atomic E-state index is 0.0539. The van der Waals surface area contributed by atoms with Gasteiger partial charge in [0.15, 0.2) is 0 Å². The maximum Gasteiger partial charge on any atom is 0.309 e. The molecule has 0 aliphatic heterocycles. The van der Waals surface area contributed by atoms with Crippen molar-refractivity contribution in [2.75, 3.05) is 0 Å². The molecule has 0 heterocycles. The van der Waals surface area contributed by atoms with Crippen LogP contribution in [-0.2, 0) is 16.1 Å². The summed E-state index contributed by atoms with van der Waals surface area (Å²) in [5.74, 6) is 1.43. The van der Waals surface area contributed by atoms with E-state index in [1.165, 1.54) is 38.5 Å². The summed E-state index contributed by atoms with van der Waals surface area (Å²) in [6, 6.07) is 9.97. The topological polar surface area (TPSA) is 26.3 Å². The van der Waals surface area contributed by atoms with Crippen molar-refractivity contribution in [3.8, 4) is 0 Å². The van der Waals surface area contributed by atoms with Gasteiger partial charge in [-0.1, -0.05) is 43.2 Å². The smallest absolute Gasteiger partial charge is 0.309 e. The number of benzene rings is 1. The molecule has 2 heteroatoms. The number of carbonyl (C=O) groups is 1. The van der Waals surface area contributed by atoms with Crippen LogP contribution in [0.4, 0.5) is 0 Å². The Kier molecular flexibility index (Phi) is 3.86. The van der Waals surface area contributed by atoms with Crippen molar-refractivity contribution in [1.29, 1.82) is 0 Å². The van der Waals surface area contributed by atoms with E-state index < -0.39 is 0 Å². The van der Waals surface area contributed by atoms with E-state index in [2.05, 4.69) is 0 Å². The zero-order valence-corrected chi connectivity index (χ0v) is 11.4. The van der Waals surface area contributed by atoms with Crippen molar-refractivity contribution < 1.29 is 9.53 Å². The maximum absolute atomic E-state index is 12.4. The number of fused-ring (bicyclic) bond motifs is 2. The lowest BCUT2D eigenvalue weighted by Crippen LogP contribution is -2.38.